The molecule has 0 aromatic rings. The van der Waals surface area contributed by atoms with E-state index in [2.05, 4.69) is 10.1 Å². The largest absolute Gasteiger partial charge is 0.453 e. The predicted octanol–water partition coefficient (Wildman–Crippen LogP) is 0.742. The number of carbonyl (C=O) groups is 2. The minimum Gasteiger partial charge on any atom is -0.453 e. The molecule has 19 heavy (non-hydrogen) atoms. The number of hydrogen-bond donors (Lipinski definition) is 2. The highest BCUT2D eigenvalue weighted by Crippen LogP contribution is 2.21. The van der Waals surface area contributed by atoms with Crippen LogP contribution in [0.5, 0.6) is 0 Å². The highest BCUT2D eigenvalue weighted by molar-refractivity contribution is 5.76. The summed E-state index contributed by atoms with van der Waals surface area (Å²) in [5, 5.41) is 11.8. The van der Waals surface area contributed by atoms with Gasteiger partial charge < -0.3 is 20.1 Å². The predicted molar refractivity (Wildman–Crippen MR) is 70.6 cm³/mol. The molecule has 110 valence electrons. The molecule has 0 spiro atoms. The van der Waals surface area contributed by atoms with Crippen LogP contribution < -0.4 is 5.32 Å². The van der Waals surface area contributed by atoms with Crippen LogP contribution >= 0.6 is 0 Å². The second kappa shape index (κ2) is 7.99. The molecule has 2 unspecified atom stereocenters. The summed E-state index contributed by atoms with van der Waals surface area (Å²) in [7, 11) is 1.32. The zero-order valence-corrected chi connectivity index (χ0v) is 11.7. The standard InChI is InChI=1S/C13H24N2O4/c1-3-4-12(17)15-8-10(5-6-16)7-11(9-15)14-13(18)19-2/h10-11,16H,3-9H2,1-2H3,(H,14,18). The first-order valence-electron chi connectivity index (χ1n) is 6.83. The summed E-state index contributed by atoms with van der Waals surface area (Å²) in [6.45, 7) is 3.26. The number of likely N-dealkylation sites (tertiary alicyclic amines) is 1. The van der Waals surface area contributed by atoms with Crippen LogP contribution in [0.2, 0.25) is 0 Å². The van der Waals surface area contributed by atoms with Gasteiger partial charge in [-0.2, -0.15) is 0 Å². The third-order valence-electron chi connectivity index (χ3n) is 3.40. The van der Waals surface area contributed by atoms with Gasteiger partial charge in [-0.1, -0.05) is 6.92 Å². The lowest BCUT2D eigenvalue weighted by atomic mass is 9.91. The molecule has 0 aliphatic carbocycles. The van der Waals surface area contributed by atoms with Crippen LogP contribution in [0, 0.1) is 5.92 Å². The molecule has 1 rings (SSSR count). The average molecular weight is 272 g/mol. The van der Waals surface area contributed by atoms with Crippen LogP contribution in [0.25, 0.3) is 0 Å². The van der Waals surface area contributed by atoms with Crippen molar-refractivity contribution in [3.8, 4) is 0 Å². The lowest BCUT2D eigenvalue weighted by molar-refractivity contribution is -0.133. The topological polar surface area (TPSA) is 78.9 Å². The van der Waals surface area contributed by atoms with Gasteiger partial charge in [0.2, 0.25) is 5.91 Å². The van der Waals surface area contributed by atoms with Crippen molar-refractivity contribution in [2.75, 3.05) is 26.8 Å². The molecule has 2 amide bonds. The number of ether oxygens (including phenoxy) is 1. The first-order valence-corrected chi connectivity index (χ1v) is 6.83. The summed E-state index contributed by atoms with van der Waals surface area (Å²) in [6.07, 6.45) is 2.28. The normalized spacial score (nSPS) is 23.0. The number of methoxy groups -OCH3 is 1. The van der Waals surface area contributed by atoms with E-state index in [0.717, 1.165) is 12.8 Å². The minimum atomic E-state index is -0.475. The average Bonchev–Trinajstić information content (AvgIpc) is 2.39. The number of nitrogens with zero attached hydrogens (tertiary/aromatic N) is 1. The lowest BCUT2D eigenvalue weighted by Crippen LogP contribution is -2.52. The molecular formula is C13H24N2O4. The fourth-order valence-electron chi connectivity index (χ4n) is 2.50. The van der Waals surface area contributed by atoms with Crippen molar-refractivity contribution in [2.45, 2.75) is 38.6 Å². The molecule has 2 N–H and O–H groups in total. The van der Waals surface area contributed by atoms with Crippen molar-refractivity contribution >= 4 is 12.0 Å². The van der Waals surface area contributed by atoms with E-state index in [1.165, 1.54) is 7.11 Å². The van der Waals surface area contributed by atoms with Gasteiger partial charge in [0.25, 0.3) is 0 Å². The van der Waals surface area contributed by atoms with E-state index in [4.69, 9.17) is 5.11 Å². The number of piperidine rings is 1. The Bertz CT molecular complexity index is 309. The maximum absolute atomic E-state index is 12.0. The lowest BCUT2D eigenvalue weighted by Gasteiger charge is -2.37. The minimum absolute atomic E-state index is 0.0986. The molecule has 0 aromatic heterocycles. The second-order valence-electron chi connectivity index (χ2n) is 5.00. The van der Waals surface area contributed by atoms with Crippen molar-refractivity contribution < 1.29 is 19.4 Å². The molecule has 1 fully saturated rings. The number of nitrogens with one attached hydrogen (secondary N) is 1. The van der Waals surface area contributed by atoms with Gasteiger partial charge >= 0.3 is 6.09 Å². The number of hydrogen-bond acceptors (Lipinski definition) is 4. The van der Waals surface area contributed by atoms with E-state index < -0.39 is 6.09 Å². The van der Waals surface area contributed by atoms with Gasteiger partial charge in [-0.3, -0.25) is 4.79 Å². The summed E-state index contributed by atoms with van der Waals surface area (Å²) in [4.78, 5) is 25.0. The van der Waals surface area contributed by atoms with Gasteiger partial charge in [-0.15, -0.1) is 0 Å². The van der Waals surface area contributed by atoms with Crippen molar-refractivity contribution in [1.82, 2.24) is 10.2 Å². The van der Waals surface area contributed by atoms with Gasteiger partial charge in [0.05, 0.1) is 13.2 Å². The Kier molecular flexibility index (Phi) is 6.62. The smallest absolute Gasteiger partial charge is 0.407 e. The van der Waals surface area contributed by atoms with Crippen LogP contribution in [-0.2, 0) is 9.53 Å². The highest BCUT2D eigenvalue weighted by Gasteiger charge is 2.30. The monoisotopic (exact) mass is 272 g/mol. The Hall–Kier alpha value is -1.30. The molecule has 0 saturated carbocycles. The number of aliphatic hydroxyl groups is 1. The molecule has 1 aliphatic rings. The maximum atomic E-state index is 12.0. The van der Waals surface area contributed by atoms with E-state index >= 15 is 0 Å². The Balaban J connectivity index is 2.61. The van der Waals surface area contributed by atoms with E-state index in [1.54, 1.807) is 4.90 Å². The summed E-state index contributed by atoms with van der Waals surface area (Å²) in [5.41, 5.74) is 0. The van der Waals surface area contributed by atoms with Crippen LogP contribution in [-0.4, -0.2) is 54.9 Å². The fraction of sp³-hybridized carbons (Fsp3) is 0.846. The van der Waals surface area contributed by atoms with Gasteiger partial charge in [0.1, 0.15) is 0 Å². The molecule has 1 saturated heterocycles. The highest BCUT2D eigenvalue weighted by atomic mass is 16.5. The summed E-state index contributed by atoms with van der Waals surface area (Å²) < 4.78 is 4.59. The SMILES string of the molecule is CCCC(=O)N1CC(CCO)CC(NC(=O)OC)C1. The Morgan fingerprint density at radius 2 is 2.16 bits per heavy atom. The Morgan fingerprint density at radius 3 is 2.74 bits per heavy atom. The molecule has 2 atom stereocenters. The summed E-state index contributed by atoms with van der Waals surface area (Å²) in [5.74, 6) is 0.337. The van der Waals surface area contributed by atoms with Gasteiger partial charge in [0, 0.05) is 26.1 Å². The van der Waals surface area contributed by atoms with Crippen LogP contribution in [0.1, 0.15) is 32.6 Å². The fourth-order valence-corrected chi connectivity index (χ4v) is 2.50. The second-order valence-corrected chi connectivity index (χ2v) is 5.00. The van der Waals surface area contributed by atoms with E-state index in [0.29, 0.717) is 25.9 Å². The van der Waals surface area contributed by atoms with Crippen molar-refractivity contribution in [1.29, 1.82) is 0 Å². The van der Waals surface area contributed by atoms with Gasteiger partial charge in [-0.05, 0) is 25.2 Å². The molecule has 0 bridgehead atoms. The van der Waals surface area contributed by atoms with E-state index in [-0.39, 0.29) is 24.5 Å². The molecule has 1 heterocycles. The molecular weight excluding hydrogens is 248 g/mol. The van der Waals surface area contributed by atoms with Crippen molar-refractivity contribution in [3.63, 3.8) is 0 Å². The van der Waals surface area contributed by atoms with Gasteiger partial charge in [-0.25, -0.2) is 4.79 Å². The number of rotatable bonds is 5. The zero-order valence-electron chi connectivity index (χ0n) is 11.7. The quantitative estimate of drug-likeness (QED) is 0.774. The van der Waals surface area contributed by atoms with Crippen LogP contribution in [0.3, 0.4) is 0 Å². The molecule has 0 radical (unpaired) electrons. The maximum Gasteiger partial charge on any atom is 0.407 e. The third-order valence-corrected chi connectivity index (χ3v) is 3.40. The van der Waals surface area contributed by atoms with Crippen LogP contribution in [0.15, 0.2) is 0 Å². The van der Waals surface area contributed by atoms with E-state index in [9.17, 15) is 9.59 Å². The molecule has 6 nitrogen and oxygen atoms in total. The molecule has 1 aliphatic heterocycles. The molecule has 0 aromatic carbocycles. The number of amides is 2. The van der Waals surface area contributed by atoms with E-state index in [1.807, 2.05) is 6.92 Å². The number of carbonyl (C=O) groups excluding carboxylic acids is 2. The van der Waals surface area contributed by atoms with Crippen molar-refractivity contribution in [3.05, 3.63) is 0 Å². The number of alkyl carbamates (subject to hydrolysis) is 1. The van der Waals surface area contributed by atoms with Gasteiger partial charge in [0.15, 0.2) is 0 Å². The Labute approximate surface area is 114 Å². The number of aliphatic hydroxyl groups excluding tert-OH is 1. The van der Waals surface area contributed by atoms with Crippen molar-refractivity contribution in [2.24, 2.45) is 5.92 Å². The third kappa shape index (κ3) is 5.06. The summed E-state index contributed by atoms with van der Waals surface area (Å²) >= 11 is 0. The van der Waals surface area contributed by atoms with Crippen LogP contribution in [0.4, 0.5) is 4.79 Å². The first-order chi connectivity index (χ1) is 9.10. The first kappa shape index (κ1) is 15.8. The Morgan fingerprint density at radius 1 is 1.42 bits per heavy atom. The zero-order chi connectivity index (χ0) is 14.3. The summed E-state index contributed by atoms with van der Waals surface area (Å²) in [6, 6.07) is -0.0986. The molecule has 6 heteroatoms.